The van der Waals surface area contributed by atoms with E-state index < -0.39 is 11.6 Å². The van der Waals surface area contributed by atoms with Crippen molar-refractivity contribution in [2.75, 3.05) is 13.7 Å². The molecule has 2 aliphatic rings. The highest BCUT2D eigenvalue weighted by Gasteiger charge is 2.61. The van der Waals surface area contributed by atoms with Crippen molar-refractivity contribution in [3.05, 3.63) is 34.9 Å². The molecule has 1 N–H and O–H groups in total. The smallest absolute Gasteiger partial charge is 0.326 e. The van der Waals surface area contributed by atoms with Crippen molar-refractivity contribution >= 4 is 23.5 Å². The minimum atomic E-state index is -0.858. The standard InChI is InChI=1S/C15H16ClNO4/c1-15-10(7-21-14(15)19)11(12(17-15)13(18)20-2)8-3-5-9(16)6-4-8/h3-6,10-12,17H,7H2,1-2H3/t10-,11-,12-,15+/m0/s1. The Labute approximate surface area is 127 Å². The highest BCUT2D eigenvalue weighted by Crippen LogP contribution is 2.46. The van der Waals surface area contributed by atoms with Crippen molar-refractivity contribution in [3.63, 3.8) is 0 Å². The molecule has 2 aliphatic heterocycles. The first-order valence-electron chi connectivity index (χ1n) is 6.75. The molecule has 0 saturated carbocycles. The van der Waals surface area contributed by atoms with Gasteiger partial charge in [-0.2, -0.15) is 0 Å². The summed E-state index contributed by atoms with van der Waals surface area (Å²) in [5.74, 6) is -1.00. The maximum absolute atomic E-state index is 12.1. The molecule has 0 spiro atoms. The summed E-state index contributed by atoms with van der Waals surface area (Å²) >= 11 is 5.92. The van der Waals surface area contributed by atoms with Gasteiger partial charge in [0.2, 0.25) is 0 Å². The zero-order valence-corrected chi connectivity index (χ0v) is 12.5. The average molecular weight is 310 g/mol. The molecular weight excluding hydrogens is 294 g/mol. The van der Waals surface area contributed by atoms with Crippen LogP contribution in [0, 0.1) is 5.92 Å². The number of hydrogen-bond donors (Lipinski definition) is 1. The van der Waals surface area contributed by atoms with Gasteiger partial charge in [0, 0.05) is 16.9 Å². The number of methoxy groups -OCH3 is 1. The predicted molar refractivity (Wildman–Crippen MR) is 76.0 cm³/mol. The zero-order chi connectivity index (χ0) is 15.2. The monoisotopic (exact) mass is 309 g/mol. The Balaban J connectivity index is 2.03. The van der Waals surface area contributed by atoms with E-state index in [0.717, 1.165) is 5.56 Å². The minimum absolute atomic E-state index is 0.115. The maximum atomic E-state index is 12.1. The van der Waals surface area contributed by atoms with E-state index in [9.17, 15) is 9.59 Å². The SMILES string of the molecule is COC(=O)[C@H]1N[C@@]2(C)C(=O)OC[C@H]2[C@@H]1c1ccc(Cl)cc1. The van der Waals surface area contributed by atoms with E-state index in [1.165, 1.54) is 7.11 Å². The van der Waals surface area contributed by atoms with Crippen molar-refractivity contribution in [2.45, 2.75) is 24.4 Å². The second-order valence-electron chi connectivity index (χ2n) is 5.63. The Morgan fingerprint density at radius 3 is 2.71 bits per heavy atom. The molecule has 3 rings (SSSR count). The lowest BCUT2D eigenvalue weighted by Crippen LogP contribution is -2.49. The van der Waals surface area contributed by atoms with Crippen LogP contribution >= 0.6 is 11.6 Å². The summed E-state index contributed by atoms with van der Waals surface area (Å²) in [6, 6.07) is 6.73. The summed E-state index contributed by atoms with van der Waals surface area (Å²) in [5, 5.41) is 3.74. The summed E-state index contributed by atoms with van der Waals surface area (Å²) in [5.41, 5.74) is 0.0812. The van der Waals surface area contributed by atoms with Crippen LogP contribution in [0.25, 0.3) is 0 Å². The third-order valence-corrected chi connectivity index (χ3v) is 4.77. The van der Waals surface area contributed by atoms with Crippen LogP contribution in [0.15, 0.2) is 24.3 Å². The number of esters is 2. The molecule has 112 valence electrons. The van der Waals surface area contributed by atoms with E-state index in [1.807, 2.05) is 12.1 Å². The Bertz CT molecular complexity index is 588. The van der Waals surface area contributed by atoms with Crippen LogP contribution in [0.1, 0.15) is 18.4 Å². The second kappa shape index (κ2) is 5.00. The Kier molecular flexibility index (Phi) is 3.42. The molecule has 2 saturated heterocycles. The van der Waals surface area contributed by atoms with Crippen LogP contribution in [-0.2, 0) is 19.1 Å². The van der Waals surface area contributed by atoms with Gasteiger partial charge in [0.1, 0.15) is 11.6 Å². The minimum Gasteiger partial charge on any atom is -0.468 e. The normalized spacial score (nSPS) is 34.4. The van der Waals surface area contributed by atoms with Gasteiger partial charge in [-0.25, -0.2) is 0 Å². The van der Waals surface area contributed by atoms with Gasteiger partial charge in [0.25, 0.3) is 0 Å². The Morgan fingerprint density at radius 1 is 1.43 bits per heavy atom. The van der Waals surface area contributed by atoms with Gasteiger partial charge in [-0.3, -0.25) is 14.9 Å². The maximum Gasteiger partial charge on any atom is 0.326 e. The molecular formula is C15H16ClNO4. The van der Waals surface area contributed by atoms with Crippen molar-refractivity contribution in [1.82, 2.24) is 5.32 Å². The van der Waals surface area contributed by atoms with Crippen LogP contribution in [0.2, 0.25) is 5.02 Å². The number of hydrogen-bond acceptors (Lipinski definition) is 5. The second-order valence-corrected chi connectivity index (χ2v) is 6.07. The van der Waals surface area contributed by atoms with E-state index in [0.29, 0.717) is 11.6 Å². The lowest BCUT2D eigenvalue weighted by atomic mass is 9.78. The Hall–Kier alpha value is -1.59. The molecule has 0 aromatic heterocycles. The molecule has 1 aromatic carbocycles. The van der Waals surface area contributed by atoms with Crippen molar-refractivity contribution in [1.29, 1.82) is 0 Å². The van der Waals surface area contributed by atoms with E-state index in [-0.39, 0.29) is 23.8 Å². The molecule has 4 atom stereocenters. The highest BCUT2D eigenvalue weighted by atomic mass is 35.5. The number of nitrogens with one attached hydrogen (secondary N) is 1. The number of fused-ring (bicyclic) bond motifs is 1. The fourth-order valence-electron chi connectivity index (χ4n) is 3.35. The number of halogens is 1. The number of rotatable bonds is 2. The molecule has 0 aliphatic carbocycles. The lowest BCUT2D eigenvalue weighted by molar-refractivity contribution is -0.145. The highest BCUT2D eigenvalue weighted by molar-refractivity contribution is 6.30. The third-order valence-electron chi connectivity index (χ3n) is 4.52. The molecule has 2 fully saturated rings. The van der Waals surface area contributed by atoms with E-state index >= 15 is 0 Å². The summed E-state index contributed by atoms with van der Waals surface area (Å²) < 4.78 is 10.1. The Morgan fingerprint density at radius 2 is 2.10 bits per heavy atom. The van der Waals surface area contributed by atoms with Crippen molar-refractivity contribution in [3.8, 4) is 0 Å². The number of carbonyl (C=O) groups excluding carboxylic acids is 2. The first kappa shape index (κ1) is 14.4. The van der Waals surface area contributed by atoms with Crippen LogP contribution in [0.3, 0.4) is 0 Å². The molecule has 6 heteroatoms. The molecule has 5 nitrogen and oxygen atoms in total. The van der Waals surface area contributed by atoms with Gasteiger partial charge >= 0.3 is 11.9 Å². The molecule has 0 unspecified atom stereocenters. The van der Waals surface area contributed by atoms with Crippen molar-refractivity contribution < 1.29 is 19.1 Å². The first-order valence-corrected chi connectivity index (χ1v) is 7.13. The number of cyclic esters (lactones) is 1. The molecule has 1 aromatic rings. The van der Waals surface area contributed by atoms with E-state index in [2.05, 4.69) is 5.32 Å². The van der Waals surface area contributed by atoms with Crippen LogP contribution < -0.4 is 5.32 Å². The number of carbonyl (C=O) groups is 2. The van der Waals surface area contributed by atoms with Gasteiger partial charge in [-0.1, -0.05) is 23.7 Å². The molecule has 0 amide bonds. The third kappa shape index (κ3) is 2.12. The fourth-order valence-corrected chi connectivity index (χ4v) is 3.48. The van der Waals surface area contributed by atoms with Gasteiger partial charge < -0.3 is 9.47 Å². The lowest BCUT2D eigenvalue weighted by Gasteiger charge is -2.21. The fraction of sp³-hybridized carbons (Fsp3) is 0.467. The first-order chi connectivity index (χ1) is 9.97. The molecule has 21 heavy (non-hydrogen) atoms. The number of ether oxygens (including phenoxy) is 2. The zero-order valence-electron chi connectivity index (χ0n) is 11.8. The van der Waals surface area contributed by atoms with Gasteiger partial charge in [0.05, 0.1) is 13.7 Å². The molecule has 2 heterocycles. The van der Waals surface area contributed by atoms with Gasteiger partial charge in [0.15, 0.2) is 0 Å². The number of benzene rings is 1. The van der Waals surface area contributed by atoms with Gasteiger partial charge in [-0.05, 0) is 24.6 Å². The molecule has 0 bridgehead atoms. The largest absolute Gasteiger partial charge is 0.468 e. The van der Waals surface area contributed by atoms with E-state index in [1.54, 1.807) is 19.1 Å². The van der Waals surface area contributed by atoms with Gasteiger partial charge in [-0.15, -0.1) is 0 Å². The molecule has 0 radical (unpaired) electrons. The average Bonchev–Trinajstić information content (AvgIpc) is 2.93. The van der Waals surface area contributed by atoms with Crippen LogP contribution in [-0.4, -0.2) is 37.2 Å². The summed E-state index contributed by atoms with van der Waals surface area (Å²) in [6.45, 7) is 2.07. The van der Waals surface area contributed by atoms with Crippen LogP contribution in [0.5, 0.6) is 0 Å². The quantitative estimate of drug-likeness (QED) is 0.839. The summed E-state index contributed by atoms with van der Waals surface area (Å²) in [7, 11) is 1.34. The summed E-state index contributed by atoms with van der Waals surface area (Å²) in [4.78, 5) is 24.1. The van der Waals surface area contributed by atoms with E-state index in [4.69, 9.17) is 21.1 Å². The topological polar surface area (TPSA) is 64.6 Å². The summed E-state index contributed by atoms with van der Waals surface area (Å²) in [6.07, 6.45) is 0. The van der Waals surface area contributed by atoms with Crippen molar-refractivity contribution in [2.24, 2.45) is 5.92 Å². The predicted octanol–water partition coefficient (Wildman–Crippen LogP) is 1.50. The van der Waals surface area contributed by atoms with Crippen LogP contribution in [0.4, 0.5) is 0 Å².